The molecule has 0 saturated heterocycles. The predicted molar refractivity (Wildman–Crippen MR) is 62.5 cm³/mol. The van der Waals surface area contributed by atoms with Crippen molar-refractivity contribution in [3.05, 3.63) is 18.2 Å². The number of halogens is 3. The molecule has 0 radical (unpaired) electrons. The van der Waals surface area contributed by atoms with Crippen molar-refractivity contribution < 1.29 is 9.47 Å². The molecule has 1 rings (SSSR count). The van der Waals surface area contributed by atoms with E-state index >= 15 is 0 Å². The van der Waals surface area contributed by atoms with Gasteiger partial charge in [-0.2, -0.15) is 0 Å². The van der Waals surface area contributed by atoms with Crippen LogP contribution in [0.25, 0.3) is 0 Å². The van der Waals surface area contributed by atoms with E-state index in [1.54, 1.807) is 18.2 Å². The van der Waals surface area contributed by atoms with Gasteiger partial charge in [0.2, 0.25) is 0 Å². The van der Waals surface area contributed by atoms with Crippen LogP contribution < -0.4 is 13.1 Å². The molecule has 1 aromatic rings. The zero-order chi connectivity index (χ0) is 10.8. The molecule has 0 aromatic heterocycles. The summed E-state index contributed by atoms with van der Waals surface area (Å²) in [5, 5.41) is 0. The summed E-state index contributed by atoms with van der Waals surface area (Å²) in [6.07, 6.45) is 0. The quantitative estimate of drug-likeness (QED) is 0.761. The Kier molecular flexibility index (Phi) is 4.49. The Morgan fingerprint density at radius 1 is 1.00 bits per heavy atom. The van der Waals surface area contributed by atoms with E-state index in [0.717, 1.165) is 0 Å². The minimum atomic E-state index is -3.53. The zero-order valence-corrected chi connectivity index (χ0v) is 12.2. The Bertz CT molecular complexity index is 303. The van der Waals surface area contributed by atoms with Gasteiger partial charge in [-0.05, 0) is 0 Å². The first kappa shape index (κ1) is 12.5. The molecule has 0 aliphatic heterocycles. The monoisotopic (exact) mass is 372 g/mol. The first-order valence-corrected chi connectivity index (χ1v) is 13.7. The second-order valence-corrected chi connectivity index (χ2v) is 18.4. The van der Waals surface area contributed by atoms with Crippen LogP contribution in [0.2, 0.25) is 0 Å². The Balaban J connectivity index is 3.34. The summed E-state index contributed by atoms with van der Waals surface area (Å²) in [5.74, 6) is 1.15. The first-order chi connectivity index (χ1) is 6.50. The van der Waals surface area contributed by atoms with Crippen molar-refractivity contribution in [2.45, 2.75) is 0 Å². The van der Waals surface area contributed by atoms with Crippen LogP contribution in [0.5, 0.6) is 11.5 Å². The maximum absolute atomic E-state index is 5.99. The molecule has 0 unspecified atom stereocenters. The fraction of sp³-hybridized carbons (Fsp3) is 0.250. The van der Waals surface area contributed by atoms with E-state index in [1.165, 1.54) is 14.2 Å². The Labute approximate surface area is 98.1 Å². The van der Waals surface area contributed by atoms with E-state index in [9.17, 15) is 0 Å². The molecule has 0 N–H and O–H groups in total. The van der Waals surface area contributed by atoms with Gasteiger partial charge in [0, 0.05) is 0 Å². The predicted octanol–water partition coefficient (Wildman–Crippen LogP) is 2.57. The fourth-order valence-electron chi connectivity index (χ4n) is 1.05. The third-order valence-corrected chi connectivity index (χ3v) is 7.19. The van der Waals surface area contributed by atoms with Gasteiger partial charge in [-0.15, -0.1) is 0 Å². The van der Waals surface area contributed by atoms with Crippen LogP contribution in [-0.4, -0.2) is 29.0 Å². The van der Waals surface area contributed by atoms with Crippen LogP contribution in [0.3, 0.4) is 0 Å². The number of benzene rings is 1. The van der Waals surface area contributed by atoms with Crippen molar-refractivity contribution in [1.82, 2.24) is 0 Å². The summed E-state index contributed by atoms with van der Waals surface area (Å²) in [7, 11) is 21.0. The number of methoxy groups -OCH3 is 2. The standard InChI is InChI=1S/C8H9Cl3O2Te/c1-12-6-4-3-5-7(13-2)8(6)14(9,10)11/h3-5H,1-2H3. The molecular formula is C8H9Cl3O2Te. The molecule has 0 fully saturated rings. The van der Waals surface area contributed by atoms with Crippen LogP contribution >= 0.6 is 26.9 Å². The van der Waals surface area contributed by atoms with Crippen LogP contribution in [0.4, 0.5) is 0 Å². The minimum absolute atomic E-state index is 0.575. The van der Waals surface area contributed by atoms with Gasteiger partial charge in [-0.3, -0.25) is 0 Å². The van der Waals surface area contributed by atoms with E-state index < -0.39 is 14.8 Å². The SMILES string of the molecule is COc1cccc(OC)c1[Te](Cl)(Cl)Cl. The van der Waals surface area contributed by atoms with Crippen LogP contribution in [-0.2, 0) is 0 Å². The molecule has 0 spiro atoms. The first-order valence-electron chi connectivity index (χ1n) is 3.64. The Morgan fingerprint density at radius 3 is 1.71 bits per heavy atom. The molecule has 0 aliphatic carbocycles. The number of hydrogen-bond donors (Lipinski definition) is 0. The van der Waals surface area contributed by atoms with Crippen LogP contribution in [0.1, 0.15) is 0 Å². The molecule has 1 aromatic carbocycles. The fourth-order valence-corrected chi connectivity index (χ4v) is 6.27. The average Bonchev–Trinajstić information content (AvgIpc) is 2.15. The second-order valence-electron chi connectivity index (χ2n) is 2.40. The van der Waals surface area contributed by atoms with Gasteiger partial charge in [-0.1, -0.05) is 0 Å². The molecule has 2 nitrogen and oxygen atoms in total. The topological polar surface area (TPSA) is 18.5 Å². The van der Waals surface area contributed by atoms with Crippen molar-refractivity contribution >= 4 is 45.3 Å². The van der Waals surface area contributed by atoms with E-state index in [2.05, 4.69) is 0 Å². The third kappa shape index (κ3) is 2.74. The molecule has 0 saturated carbocycles. The molecule has 0 atom stereocenters. The number of rotatable bonds is 3. The van der Waals surface area contributed by atoms with Crippen LogP contribution in [0.15, 0.2) is 18.2 Å². The van der Waals surface area contributed by atoms with E-state index in [1.807, 2.05) is 0 Å². The summed E-state index contributed by atoms with van der Waals surface area (Å²) in [5.41, 5.74) is 0. The Hall–Kier alpha value is 0.480. The zero-order valence-electron chi connectivity index (χ0n) is 7.59. The normalized spacial score (nSPS) is 12.4. The van der Waals surface area contributed by atoms with Crippen molar-refractivity contribution in [3.8, 4) is 11.5 Å². The summed E-state index contributed by atoms with van der Waals surface area (Å²) in [4.78, 5) is 0. The summed E-state index contributed by atoms with van der Waals surface area (Å²) < 4.78 is 10.9. The number of ether oxygens (including phenoxy) is 2. The molecule has 14 heavy (non-hydrogen) atoms. The average molecular weight is 371 g/mol. The molecule has 0 bridgehead atoms. The molecular weight excluding hydrogens is 362 g/mol. The van der Waals surface area contributed by atoms with Gasteiger partial charge < -0.3 is 0 Å². The van der Waals surface area contributed by atoms with E-state index in [0.29, 0.717) is 15.1 Å². The van der Waals surface area contributed by atoms with Gasteiger partial charge in [0.25, 0.3) is 0 Å². The van der Waals surface area contributed by atoms with Gasteiger partial charge in [-0.25, -0.2) is 0 Å². The van der Waals surface area contributed by atoms with Crippen LogP contribution in [0, 0.1) is 0 Å². The van der Waals surface area contributed by atoms with Crippen molar-refractivity contribution in [2.24, 2.45) is 0 Å². The third-order valence-electron chi connectivity index (χ3n) is 1.61. The van der Waals surface area contributed by atoms with Gasteiger partial charge >= 0.3 is 98.7 Å². The summed E-state index contributed by atoms with van der Waals surface area (Å²) >= 11 is -3.53. The summed E-state index contributed by atoms with van der Waals surface area (Å²) in [6.45, 7) is 0. The van der Waals surface area contributed by atoms with Crippen molar-refractivity contribution in [2.75, 3.05) is 14.2 Å². The van der Waals surface area contributed by atoms with Gasteiger partial charge in [0.05, 0.1) is 0 Å². The number of hydrogen-bond acceptors (Lipinski definition) is 2. The molecule has 0 aliphatic rings. The van der Waals surface area contributed by atoms with E-state index in [4.69, 9.17) is 36.4 Å². The molecule has 6 heteroatoms. The van der Waals surface area contributed by atoms with Gasteiger partial charge in [0.15, 0.2) is 0 Å². The summed E-state index contributed by atoms with van der Waals surface area (Å²) in [6, 6.07) is 5.30. The van der Waals surface area contributed by atoms with E-state index in [-0.39, 0.29) is 0 Å². The second kappa shape index (κ2) is 5.01. The molecule has 0 amide bonds. The maximum atomic E-state index is 5.99. The van der Waals surface area contributed by atoms with Gasteiger partial charge in [0.1, 0.15) is 0 Å². The Morgan fingerprint density at radius 2 is 1.43 bits per heavy atom. The molecule has 0 heterocycles. The molecule has 80 valence electrons. The van der Waals surface area contributed by atoms with Crippen molar-refractivity contribution in [3.63, 3.8) is 0 Å². The van der Waals surface area contributed by atoms with Crippen molar-refractivity contribution in [1.29, 1.82) is 0 Å².